The lowest BCUT2D eigenvalue weighted by molar-refractivity contribution is -0.145. The van der Waals surface area contributed by atoms with Gasteiger partial charge in [0, 0.05) is 6.42 Å². The van der Waals surface area contributed by atoms with Crippen LogP contribution in [0.3, 0.4) is 0 Å². The molecule has 55 heavy (non-hydrogen) atoms. The van der Waals surface area contributed by atoms with Crippen LogP contribution in [0, 0.1) is 0 Å². The van der Waals surface area contributed by atoms with Gasteiger partial charge in [-0.2, -0.15) is 18.6 Å². The lowest BCUT2D eigenvalue weighted by atomic mass is 10.0. The van der Waals surface area contributed by atoms with Crippen molar-refractivity contribution in [3.05, 3.63) is 0 Å². The van der Waals surface area contributed by atoms with E-state index in [-0.39, 0.29) is 32.4 Å². The highest BCUT2D eigenvalue weighted by atomic mass is 32.3. The monoisotopic (exact) mass is 820 g/mol. The molecule has 0 aliphatic rings. The normalized spacial score (nSPS) is 11.8. The van der Waals surface area contributed by atoms with E-state index in [1.54, 1.807) is 0 Å². The zero-order chi connectivity index (χ0) is 40.0. The zero-order valence-electron chi connectivity index (χ0n) is 34.1. The molecule has 0 aliphatic heterocycles. The minimum absolute atomic E-state index is 0.0596. The average molecular weight is 820 g/mol. The third kappa shape index (κ3) is 47.2. The van der Waals surface area contributed by atoms with Crippen LogP contribution in [-0.4, -0.2) is 147 Å². The van der Waals surface area contributed by atoms with Crippen LogP contribution in [-0.2, 0) is 71.0 Å². The van der Waals surface area contributed by atoms with Gasteiger partial charge in [-0.25, -0.2) is 4.18 Å². The van der Waals surface area contributed by atoms with Gasteiger partial charge in [0.2, 0.25) is 0 Å². The summed E-state index contributed by atoms with van der Waals surface area (Å²) >= 11 is 0. The molecular formula is C38H77NO15S. The SMILES string of the molecule is CCCCCCCCCCCCCCCCCC(=O)OCCOCCOCCOCCOCCOCCOCCOCCOCCOCCOS(=O)(=O)ON. The van der Waals surface area contributed by atoms with Crippen molar-refractivity contribution < 1.29 is 69.0 Å². The fourth-order valence-electron chi connectivity index (χ4n) is 5.01. The van der Waals surface area contributed by atoms with E-state index in [9.17, 15) is 13.2 Å². The smallest absolute Gasteiger partial charge is 0.415 e. The second-order valence-electron chi connectivity index (χ2n) is 12.8. The van der Waals surface area contributed by atoms with E-state index in [0.29, 0.717) is 112 Å². The lowest BCUT2D eigenvalue weighted by Crippen LogP contribution is -2.18. The van der Waals surface area contributed by atoms with E-state index in [1.807, 2.05) is 0 Å². The van der Waals surface area contributed by atoms with Gasteiger partial charge >= 0.3 is 16.4 Å². The Balaban J connectivity index is 3.15. The van der Waals surface area contributed by atoms with Crippen molar-refractivity contribution >= 4 is 16.4 Å². The van der Waals surface area contributed by atoms with Crippen LogP contribution in [0.4, 0.5) is 0 Å². The molecule has 0 saturated carbocycles. The van der Waals surface area contributed by atoms with Crippen LogP contribution in [0.5, 0.6) is 0 Å². The highest BCUT2D eigenvalue weighted by Crippen LogP contribution is 2.14. The average Bonchev–Trinajstić information content (AvgIpc) is 3.18. The van der Waals surface area contributed by atoms with Crippen LogP contribution in [0.1, 0.15) is 110 Å². The van der Waals surface area contributed by atoms with E-state index >= 15 is 0 Å². The van der Waals surface area contributed by atoms with Gasteiger partial charge in [-0.1, -0.05) is 96.8 Å². The quantitative estimate of drug-likeness (QED) is 0.0485. The Morgan fingerprint density at radius 3 is 0.927 bits per heavy atom. The first-order valence-corrected chi connectivity index (χ1v) is 22.0. The molecule has 0 aromatic rings. The van der Waals surface area contributed by atoms with Gasteiger partial charge in [0.25, 0.3) is 0 Å². The number of unbranched alkanes of at least 4 members (excludes halogenated alkanes) is 14. The predicted octanol–water partition coefficient (Wildman–Crippen LogP) is 5.09. The summed E-state index contributed by atoms with van der Waals surface area (Å²) < 4.78 is 83.6. The molecule has 2 N–H and O–H groups in total. The molecule has 0 amide bonds. The van der Waals surface area contributed by atoms with Crippen LogP contribution in [0.2, 0.25) is 0 Å². The molecule has 0 bridgehead atoms. The zero-order valence-corrected chi connectivity index (χ0v) is 34.9. The summed E-state index contributed by atoms with van der Waals surface area (Å²) in [5.41, 5.74) is 0. The largest absolute Gasteiger partial charge is 0.463 e. The number of hydrogen-bond acceptors (Lipinski definition) is 16. The Hall–Kier alpha value is -1.06. The molecule has 0 radical (unpaired) electrons. The molecule has 0 aromatic carbocycles. The lowest BCUT2D eigenvalue weighted by Gasteiger charge is -2.09. The first-order valence-electron chi connectivity index (χ1n) is 20.6. The molecule has 16 nitrogen and oxygen atoms in total. The van der Waals surface area contributed by atoms with Crippen LogP contribution in [0.25, 0.3) is 0 Å². The maximum Gasteiger partial charge on any atom is 0.415 e. The molecule has 330 valence electrons. The minimum atomic E-state index is -4.14. The summed E-state index contributed by atoms with van der Waals surface area (Å²) in [7, 11) is -4.14. The molecule has 0 fully saturated rings. The second kappa shape index (κ2) is 45.6. The van der Waals surface area contributed by atoms with Gasteiger partial charge in [0.15, 0.2) is 0 Å². The van der Waals surface area contributed by atoms with Crippen LogP contribution in [0.15, 0.2) is 0 Å². The maximum atomic E-state index is 11.9. The summed E-state index contributed by atoms with van der Waals surface area (Å²) in [6, 6.07) is 0. The summed E-state index contributed by atoms with van der Waals surface area (Å²) in [4.78, 5) is 11.9. The molecule has 0 atom stereocenters. The highest BCUT2D eigenvalue weighted by molar-refractivity contribution is 7.81. The number of rotatable bonds is 48. The Bertz CT molecular complexity index is 873. The third-order valence-electron chi connectivity index (χ3n) is 8.02. The first kappa shape index (κ1) is 53.9. The minimum Gasteiger partial charge on any atom is -0.463 e. The Morgan fingerprint density at radius 1 is 0.382 bits per heavy atom. The summed E-state index contributed by atoms with van der Waals surface area (Å²) in [5.74, 6) is 4.39. The molecular weight excluding hydrogens is 742 g/mol. The third-order valence-corrected chi connectivity index (χ3v) is 8.72. The first-order chi connectivity index (χ1) is 27.0. The number of esters is 1. The number of nitrogens with two attached hydrogens (primary N) is 1. The Morgan fingerprint density at radius 2 is 0.636 bits per heavy atom. The van der Waals surface area contributed by atoms with Gasteiger partial charge < -0.3 is 47.4 Å². The maximum absolute atomic E-state index is 11.9. The molecule has 0 aliphatic carbocycles. The van der Waals surface area contributed by atoms with E-state index in [4.69, 9.17) is 47.4 Å². The predicted molar refractivity (Wildman–Crippen MR) is 208 cm³/mol. The summed E-state index contributed by atoms with van der Waals surface area (Å²) in [6.07, 6.45) is 20.1. The van der Waals surface area contributed by atoms with Gasteiger partial charge in [-0.15, -0.1) is 0 Å². The number of ether oxygens (including phenoxy) is 10. The molecule has 17 heteroatoms. The van der Waals surface area contributed by atoms with Gasteiger partial charge in [0.05, 0.1) is 126 Å². The topological polar surface area (TPSA) is 188 Å². The Kier molecular flexibility index (Phi) is 44.8. The highest BCUT2D eigenvalue weighted by Gasteiger charge is 2.08. The number of hydrogen-bond donors (Lipinski definition) is 1. The fraction of sp³-hybridized carbons (Fsp3) is 0.974. The van der Waals surface area contributed by atoms with Crippen molar-refractivity contribution in [2.45, 2.75) is 110 Å². The van der Waals surface area contributed by atoms with Crippen molar-refractivity contribution in [1.82, 2.24) is 0 Å². The summed E-state index contributed by atoms with van der Waals surface area (Å²) in [5, 5.41) is 0. The van der Waals surface area contributed by atoms with Gasteiger partial charge in [-0.05, 0) is 6.42 Å². The van der Waals surface area contributed by atoms with E-state index in [0.717, 1.165) is 12.8 Å². The molecule has 0 aromatic heterocycles. The molecule has 0 heterocycles. The molecule has 0 rings (SSSR count). The van der Waals surface area contributed by atoms with Crippen molar-refractivity contribution in [1.29, 1.82) is 0 Å². The van der Waals surface area contributed by atoms with Gasteiger partial charge in [-0.3, -0.25) is 4.79 Å². The van der Waals surface area contributed by atoms with E-state index in [2.05, 4.69) is 21.3 Å². The molecule has 0 unspecified atom stereocenters. The fourth-order valence-corrected chi connectivity index (χ4v) is 5.34. The van der Waals surface area contributed by atoms with Crippen molar-refractivity contribution in [3.8, 4) is 0 Å². The van der Waals surface area contributed by atoms with Crippen LogP contribution < -0.4 is 5.90 Å². The van der Waals surface area contributed by atoms with Crippen molar-refractivity contribution in [3.63, 3.8) is 0 Å². The second-order valence-corrected chi connectivity index (χ2v) is 14.0. The standard InChI is InChI=1S/C38H77NO15S/c1-2-3-4-5-6-7-8-9-10-11-12-13-14-15-16-17-38(40)52-36-34-50-32-30-48-28-26-46-24-22-44-20-18-43-19-21-45-23-25-47-27-29-49-31-33-51-35-37-53-55(41,42)54-39/h2-37,39H2,1H3. The van der Waals surface area contributed by atoms with E-state index < -0.39 is 10.4 Å². The summed E-state index contributed by atoms with van der Waals surface area (Å²) in [6.45, 7) is 9.75. The number of carbonyl (C=O) groups excluding carboxylic acids is 1. The Labute approximate surface area is 332 Å². The van der Waals surface area contributed by atoms with E-state index in [1.165, 1.54) is 83.5 Å². The van der Waals surface area contributed by atoms with Crippen molar-refractivity contribution in [2.24, 2.45) is 5.90 Å². The molecule has 0 saturated heterocycles. The van der Waals surface area contributed by atoms with Gasteiger partial charge in [0.1, 0.15) is 6.61 Å². The molecule has 0 spiro atoms. The van der Waals surface area contributed by atoms with Crippen LogP contribution >= 0.6 is 0 Å². The van der Waals surface area contributed by atoms with Crippen molar-refractivity contribution in [2.75, 3.05) is 132 Å². The number of carbonyl (C=O) groups is 1.